The van der Waals surface area contributed by atoms with Gasteiger partial charge in [-0.25, -0.2) is 4.39 Å². The molecule has 3 rings (SSSR count). The summed E-state index contributed by atoms with van der Waals surface area (Å²) in [6.45, 7) is 0. The van der Waals surface area contributed by atoms with Crippen LogP contribution in [0.3, 0.4) is 0 Å². The van der Waals surface area contributed by atoms with E-state index in [9.17, 15) is 4.39 Å². The third-order valence-electron chi connectivity index (χ3n) is 3.98. The molecule has 20 heavy (non-hydrogen) atoms. The van der Waals surface area contributed by atoms with Crippen molar-refractivity contribution >= 4 is 33.0 Å². The van der Waals surface area contributed by atoms with Gasteiger partial charge in [0.15, 0.2) is 0 Å². The van der Waals surface area contributed by atoms with Crippen LogP contribution in [0.15, 0.2) is 40.2 Å². The second kappa shape index (κ2) is 6.27. The number of halogens is 2. The number of nitrogens with one attached hydrogen (secondary N) is 1. The van der Waals surface area contributed by atoms with E-state index in [1.54, 1.807) is 17.4 Å². The fourth-order valence-electron chi connectivity index (χ4n) is 2.97. The lowest BCUT2D eigenvalue weighted by molar-refractivity contribution is 0.472. The van der Waals surface area contributed by atoms with Crippen molar-refractivity contribution in [1.29, 1.82) is 0 Å². The first-order valence-electron chi connectivity index (χ1n) is 6.99. The number of hydrogen-bond donors (Lipinski definition) is 1. The van der Waals surface area contributed by atoms with Crippen molar-refractivity contribution in [3.63, 3.8) is 0 Å². The van der Waals surface area contributed by atoms with E-state index in [1.165, 1.54) is 36.6 Å². The third kappa shape index (κ3) is 2.91. The normalized spacial score (nSPS) is 17.3. The van der Waals surface area contributed by atoms with E-state index in [4.69, 9.17) is 0 Å². The highest BCUT2D eigenvalue weighted by Gasteiger charge is 2.28. The summed E-state index contributed by atoms with van der Waals surface area (Å²) in [6, 6.07) is 9.54. The average Bonchev–Trinajstić information content (AvgIpc) is 3.12. The van der Waals surface area contributed by atoms with E-state index in [-0.39, 0.29) is 11.9 Å². The first-order valence-corrected chi connectivity index (χ1v) is 8.67. The molecule has 1 aromatic carbocycles. The highest BCUT2D eigenvalue weighted by atomic mass is 79.9. The van der Waals surface area contributed by atoms with Crippen molar-refractivity contribution in [3.8, 4) is 0 Å². The predicted molar refractivity (Wildman–Crippen MR) is 86.7 cm³/mol. The summed E-state index contributed by atoms with van der Waals surface area (Å²) >= 11 is 5.20. The quantitative estimate of drug-likeness (QED) is 0.711. The van der Waals surface area contributed by atoms with Gasteiger partial charge in [-0.05, 0) is 58.3 Å². The van der Waals surface area contributed by atoms with Crippen LogP contribution in [0.1, 0.15) is 36.6 Å². The Balaban J connectivity index is 1.90. The number of thiophene rings is 1. The monoisotopic (exact) mass is 353 g/mol. The Morgan fingerprint density at radius 3 is 2.65 bits per heavy atom. The average molecular weight is 354 g/mol. The fourth-order valence-corrected chi connectivity index (χ4v) is 4.30. The maximum absolute atomic E-state index is 14.1. The zero-order chi connectivity index (χ0) is 13.9. The molecule has 0 saturated heterocycles. The lowest BCUT2D eigenvalue weighted by atomic mass is 9.96. The molecule has 1 atom stereocenters. The van der Waals surface area contributed by atoms with Crippen molar-refractivity contribution < 1.29 is 4.39 Å². The maximum Gasteiger partial charge on any atom is 0.147 e. The van der Waals surface area contributed by atoms with Gasteiger partial charge in [-0.3, -0.25) is 0 Å². The van der Waals surface area contributed by atoms with Gasteiger partial charge in [0.1, 0.15) is 5.82 Å². The van der Waals surface area contributed by atoms with Crippen LogP contribution in [-0.4, -0.2) is 0 Å². The Bertz CT molecular complexity index is 544. The first kappa shape index (κ1) is 14.1. The molecule has 1 fully saturated rings. The van der Waals surface area contributed by atoms with E-state index in [1.807, 2.05) is 6.07 Å². The molecular formula is C16H17BrFNS. The van der Waals surface area contributed by atoms with Gasteiger partial charge in [-0.15, -0.1) is 11.3 Å². The zero-order valence-electron chi connectivity index (χ0n) is 11.1. The maximum atomic E-state index is 14.1. The zero-order valence-corrected chi connectivity index (χ0v) is 13.5. The Morgan fingerprint density at radius 2 is 2.00 bits per heavy atom. The topological polar surface area (TPSA) is 12.0 Å². The third-order valence-corrected chi connectivity index (χ3v) is 5.60. The molecule has 1 aliphatic rings. The van der Waals surface area contributed by atoms with E-state index in [2.05, 4.69) is 38.8 Å². The first-order chi connectivity index (χ1) is 9.75. The summed E-state index contributed by atoms with van der Waals surface area (Å²) in [6.07, 6.45) is 5.02. The van der Waals surface area contributed by atoms with Crippen LogP contribution in [0.4, 0.5) is 10.1 Å². The lowest BCUT2D eigenvalue weighted by Crippen LogP contribution is -2.19. The largest absolute Gasteiger partial charge is 0.374 e. The molecule has 1 aliphatic carbocycles. The number of rotatable bonds is 4. The minimum Gasteiger partial charge on any atom is -0.374 e. The van der Waals surface area contributed by atoms with Crippen LogP contribution in [0.25, 0.3) is 0 Å². The van der Waals surface area contributed by atoms with Crippen molar-refractivity contribution in [3.05, 3.63) is 50.9 Å². The van der Waals surface area contributed by atoms with E-state index in [0.29, 0.717) is 11.6 Å². The minimum atomic E-state index is -0.195. The molecule has 0 amide bonds. The fraction of sp³-hybridized carbons (Fsp3) is 0.375. The van der Waals surface area contributed by atoms with Crippen LogP contribution >= 0.6 is 27.3 Å². The summed E-state index contributed by atoms with van der Waals surface area (Å²) in [5.74, 6) is 0.402. The number of anilines is 1. The van der Waals surface area contributed by atoms with Crippen LogP contribution < -0.4 is 5.32 Å². The van der Waals surface area contributed by atoms with Crippen molar-refractivity contribution in [2.24, 2.45) is 5.92 Å². The summed E-state index contributed by atoms with van der Waals surface area (Å²) in [5.41, 5.74) is 0.581. The highest BCUT2D eigenvalue weighted by Crippen LogP contribution is 2.41. The molecule has 0 spiro atoms. The van der Waals surface area contributed by atoms with Crippen molar-refractivity contribution in [2.75, 3.05) is 5.32 Å². The van der Waals surface area contributed by atoms with Gasteiger partial charge in [0, 0.05) is 9.35 Å². The summed E-state index contributed by atoms with van der Waals surface area (Å²) in [5, 5.41) is 5.54. The smallest absolute Gasteiger partial charge is 0.147 e. The molecule has 0 bridgehead atoms. The lowest BCUT2D eigenvalue weighted by Gasteiger charge is -2.25. The van der Waals surface area contributed by atoms with E-state index >= 15 is 0 Å². The van der Waals surface area contributed by atoms with Crippen molar-refractivity contribution in [2.45, 2.75) is 31.7 Å². The second-order valence-electron chi connectivity index (χ2n) is 5.28. The molecular weight excluding hydrogens is 337 g/mol. The molecule has 106 valence electrons. The molecule has 1 aromatic heterocycles. The molecule has 0 aliphatic heterocycles. The van der Waals surface area contributed by atoms with Gasteiger partial charge in [0.2, 0.25) is 0 Å². The number of para-hydroxylation sites is 1. The Hall–Kier alpha value is -0.870. The SMILES string of the molecule is Fc1cccc(Br)c1NC(c1cccs1)C1CCCC1. The van der Waals surface area contributed by atoms with Gasteiger partial charge in [-0.1, -0.05) is 25.0 Å². The van der Waals surface area contributed by atoms with Gasteiger partial charge in [0.05, 0.1) is 11.7 Å². The van der Waals surface area contributed by atoms with E-state index < -0.39 is 0 Å². The molecule has 1 unspecified atom stereocenters. The van der Waals surface area contributed by atoms with Gasteiger partial charge in [0.25, 0.3) is 0 Å². The second-order valence-corrected chi connectivity index (χ2v) is 7.11. The van der Waals surface area contributed by atoms with Crippen LogP contribution in [-0.2, 0) is 0 Å². The van der Waals surface area contributed by atoms with Gasteiger partial charge in [-0.2, -0.15) is 0 Å². The molecule has 0 radical (unpaired) electrons. The van der Waals surface area contributed by atoms with Crippen molar-refractivity contribution in [1.82, 2.24) is 0 Å². The van der Waals surface area contributed by atoms with E-state index in [0.717, 1.165) is 4.47 Å². The standard InChI is InChI=1S/C16H17BrFNS/c17-12-7-3-8-13(18)16(12)19-15(11-5-1-2-6-11)14-9-4-10-20-14/h3-4,7-11,15,19H,1-2,5-6H2. The molecule has 2 aromatic rings. The Kier molecular flexibility index (Phi) is 4.41. The number of hydrogen-bond acceptors (Lipinski definition) is 2. The molecule has 1 heterocycles. The predicted octanol–water partition coefficient (Wildman–Crippen LogP) is 5.99. The minimum absolute atomic E-state index is 0.195. The Labute approximate surface area is 131 Å². The highest BCUT2D eigenvalue weighted by molar-refractivity contribution is 9.10. The van der Waals surface area contributed by atoms with Gasteiger partial charge >= 0.3 is 0 Å². The molecule has 1 saturated carbocycles. The van der Waals surface area contributed by atoms with Crippen LogP contribution in [0.2, 0.25) is 0 Å². The summed E-state index contributed by atoms with van der Waals surface area (Å²) < 4.78 is 14.8. The summed E-state index contributed by atoms with van der Waals surface area (Å²) in [4.78, 5) is 1.30. The molecule has 1 nitrogen and oxygen atoms in total. The Morgan fingerprint density at radius 1 is 1.20 bits per heavy atom. The summed E-state index contributed by atoms with van der Waals surface area (Å²) in [7, 11) is 0. The molecule has 1 N–H and O–H groups in total. The van der Waals surface area contributed by atoms with Gasteiger partial charge < -0.3 is 5.32 Å². The molecule has 4 heteroatoms. The number of benzene rings is 1. The van der Waals surface area contributed by atoms with Crippen LogP contribution in [0.5, 0.6) is 0 Å². The van der Waals surface area contributed by atoms with Crippen LogP contribution in [0, 0.1) is 11.7 Å².